The van der Waals surface area contributed by atoms with Gasteiger partial charge in [0, 0.05) is 30.5 Å². The van der Waals surface area contributed by atoms with Gasteiger partial charge in [0.05, 0.1) is 0 Å². The van der Waals surface area contributed by atoms with Crippen LogP contribution < -0.4 is 4.74 Å². The van der Waals surface area contributed by atoms with E-state index in [2.05, 4.69) is 53.5 Å². The summed E-state index contributed by atoms with van der Waals surface area (Å²) >= 11 is 0. The highest BCUT2D eigenvalue weighted by Crippen LogP contribution is 2.30. The van der Waals surface area contributed by atoms with E-state index in [4.69, 9.17) is 4.74 Å². The maximum absolute atomic E-state index is 12.4. The highest BCUT2D eigenvalue weighted by atomic mass is 16.5. The Labute approximate surface area is 213 Å². The van der Waals surface area contributed by atoms with Gasteiger partial charge >= 0.3 is 0 Å². The molecule has 3 aromatic carbocycles. The van der Waals surface area contributed by atoms with Crippen molar-refractivity contribution in [2.45, 2.75) is 44.9 Å². The van der Waals surface area contributed by atoms with Crippen LogP contribution in [0, 0.1) is 0 Å². The van der Waals surface area contributed by atoms with E-state index in [1.807, 2.05) is 48.8 Å². The van der Waals surface area contributed by atoms with Gasteiger partial charge < -0.3 is 4.74 Å². The van der Waals surface area contributed by atoms with Crippen molar-refractivity contribution < 1.29 is 9.53 Å². The number of hydrogen-bond donors (Lipinski definition) is 0. The first-order valence-electron chi connectivity index (χ1n) is 12.8. The van der Waals surface area contributed by atoms with Gasteiger partial charge in [-0.15, -0.1) is 0 Å². The van der Waals surface area contributed by atoms with E-state index >= 15 is 0 Å². The van der Waals surface area contributed by atoms with Crippen LogP contribution in [0.1, 0.15) is 47.9 Å². The standard InChI is InChI=1S/C33H31NO2/c35-30-14-5-12-28-11-3-4-16-32(28)33(23-30)36-31-15-6-13-29(22-31)27-19-17-25(18-20-27)8-1-2-9-26-10-7-21-34-24-26/h3-4,6-7,10-11,13,15-24H,1-2,5,8-9,12,14H2. The second-order valence-electron chi connectivity index (χ2n) is 9.38. The molecule has 0 N–H and O–H groups in total. The molecule has 0 aliphatic heterocycles. The molecule has 4 aromatic rings. The molecular formula is C33H31NO2. The Morgan fingerprint density at radius 3 is 2.42 bits per heavy atom. The van der Waals surface area contributed by atoms with Crippen molar-refractivity contribution in [3.63, 3.8) is 0 Å². The molecule has 3 nitrogen and oxygen atoms in total. The number of pyridine rings is 1. The van der Waals surface area contributed by atoms with Crippen LogP contribution in [0.3, 0.4) is 0 Å². The summed E-state index contributed by atoms with van der Waals surface area (Å²) in [6.45, 7) is 0. The topological polar surface area (TPSA) is 39.2 Å². The van der Waals surface area contributed by atoms with Crippen molar-refractivity contribution in [1.82, 2.24) is 4.98 Å². The molecule has 180 valence electrons. The summed E-state index contributed by atoms with van der Waals surface area (Å²) in [7, 11) is 0. The van der Waals surface area contributed by atoms with E-state index in [1.165, 1.54) is 16.7 Å². The number of ketones is 1. The van der Waals surface area contributed by atoms with Crippen LogP contribution in [0.5, 0.6) is 5.75 Å². The first-order chi connectivity index (χ1) is 17.7. The highest BCUT2D eigenvalue weighted by molar-refractivity contribution is 5.96. The van der Waals surface area contributed by atoms with Crippen LogP contribution in [0.2, 0.25) is 0 Å². The van der Waals surface area contributed by atoms with Gasteiger partial charge in [0.2, 0.25) is 0 Å². The van der Waals surface area contributed by atoms with Crippen LogP contribution >= 0.6 is 0 Å². The monoisotopic (exact) mass is 473 g/mol. The van der Waals surface area contributed by atoms with Crippen molar-refractivity contribution in [1.29, 1.82) is 0 Å². The molecule has 1 aliphatic carbocycles. The molecule has 0 amide bonds. The summed E-state index contributed by atoms with van der Waals surface area (Å²) in [6.07, 6.45) is 12.2. The van der Waals surface area contributed by atoms with Crippen molar-refractivity contribution in [3.05, 3.63) is 126 Å². The van der Waals surface area contributed by atoms with Gasteiger partial charge in [0.25, 0.3) is 0 Å². The number of fused-ring (bicyclic) bond motifs is 1. The number of benzene rings is 3. The van der Waals surface area contributed by atoms with E-state index in [9.17, 15) is 4.79 Å². The molecule has 0 saturated heterocycles. The molecule has 36 heavy (non-hydrogen) atoms. The second kappa shape index (κ2) is 11.6. The number of aryl methyl sites for hydroxylation is 3. The fourth-order valence-corrected chi connectivity index (χ4v) is 4.75. The number of nitrogens with zero attached hydrogens (tertiary/aromatic N) is 1. The molecule has 0 atom stereocenters. The lowest BCUT2D eigenvalue weighted by atomic mass is 9.96. The Bertz CT molecular complexity index is 1340. The van der Waals surface area contributed by atoms with Gasteiger partial charge in [-0.05, 0) is 84.5 Å². The zero-order chi connectivity index (χ0) is 24.6. The Balaban J connectivity index is 1.25. The molecule has 1 aliphatic rings. The largest absolute Gasteiger partial charge is 0.457 e. The van der Waals surface area contributed by atoms with Gasteiger partial charge in [0.1, 0.15) is 11.5 Å². The van der Waals surface area contributed by atoms with Crippen molar-refractivity contribution in [3.8, 4) is 16.9 Å². The lowest BCUT2D eigenvalue weighted by Crippen LogP contribution is -2.07. The number of unbranched alkanes of at least 4 members (excludes halogenated alkanes) is 1. The molecule has 0 spiro atoms. The second-order valence-corrected chi connectivity index (χ2v) is 9.38. The third kappa shape index (κ3) is 6.17. The van der Waals surface area contributed by atoms with Crippen molar-refractivity contribution in [2.24, 2.45) is 0 Å². The third-order valence-corrected chi connectivity index (χ3v) is 6.70. The predicted molar refractivity (Wildman–Crippen MR) is 146 cm³/mol. The van der Waals surface area contributed by atoms with Gasteiger partial charge in [0.15, 0.2) is 5.78 Å². The minimum Gasteiger partial charge on any atom is -0.457 e. The summed E-state index contributed by atoms with van der Waals surface area (Å²) in [5.74, 6) is 1.49. The molecule has 1 aromatic heterocycles. The Kier molecular flexibility index (Phi) is 7.67. The summed E-state index contributed by atoms with van der Waals surface area (Å²) < 4.78 is 6.31. The van der Waals surface area contributed by atoms with Crippen LogP contribution in [0.25, 0.3) is 16.9 Å². The number of rotatable bonds is 8. The van der Waals surface area contributed by atoms with Gasteiger partial charge in [-0.2, -0.15) is 0 Å². The maximum atomic E-state index is 12.4. The van der Waals surface area contributed by atoms with Crippen LogP contribution in [0.15, 0.2) is 103 Å². The summed E-state index contributed by atoms with van der Waals surface area (Å²) in [6, 6.07) is 29.3. The molecule has 3 heteroatoms. The third-order valence-electron chi connectivity index (χ3n) is 6.70. The van der Waals surface area contributed by atoms with Gasteiger partial charge in [-0.25, -0.2) is 0 Å². The zero-order valence-electron chi connectivity index (χ0n) is 20.5. The molecule has 0 saturated carbocycles. The highest BCUT2D eigenvalue weighted by Gasteiger charge is 2.15. The van der Waals surface area contributed by atoms with E-state index in [1.54, 1.807) is 6.08 Å². The molecule has 0 radical (unpaired) electrons. The molecular weight excluding hydrogens is 442 g/mol. The Morgan fingerprint density at radius 2 is 1.58 bits per heavy atom. The van der Waals surface area contributed by atoms with E-state index in [0.29, 0.717) is 12.2 Å². The lowest BCUT2D eigenvalue weighted by Gasteiger charge is -2.17. The average Bonchev–Trinajstić information content (AvgIpc) is 2.91. The number of carbonyl (C=O) groups excluding carboxylic acids is 1. The van der Waals surface area contributed by atoms with Crippen molar-refractivity contribution >= 4 is 11.5 Å². The molecule has 0 fully saturated rings. The number of hydrogen-bond acceptors (Lipinski definition) is 3. The van der Waals surface area contributed by atoms with E-state index in [0.717, 1.165) is 61.0 Å². The Hall–Kier alpha value is -3.98. The smallest absolute Gasteiger partial charge is 0.159 e. The Morgan fingerprint density at radius 1 is 0.750 bits per heavy atom. The number of carbonyl (C=O) groups is 1. The average molecular weight is 474 g/mol. The fourth-order valence-electron chi connectivity index (χ4n) is 4.75. The number of allylic oxidation sites excluding steroid dienone is 1. The van der Waals surface area contributed by atoms with E-state index < -0.39 is 0 Å². The summed E-state index contributed by atoms with van der Waals surface area (Å²) in [5, 5.41) is 0. The predicted octanol–water partition coefficient (Wildman–Crippen LogP) is 7.64. The van der Waals surface area contributed by atoms with Crippen LogP contribution in [-0.2, 0) is 24.1 Å². The van der Waals surface area contributed by atoms with Gasteiger partial charge in [-0.1, -0.05) is 66.7 Å². The summed E-state index contributed by atoms with van der Waals surface area (Å²) in [4.78, 5) is 16.6. The quantitative estimate of drug-likeness (QED) is 0.247. The van der Waals surface area contributed by atoms with Crippen molar-refractivity contribution in [2.75, 3.05) is 0 Å². The maximum Gasteiger partial charge on any atom is 0.159 e. The zero-order valence-corrected chi connectivity index (χ0v) is 20.5. The first kappa shape index (κ1) is 23.7. The van der Waals surface area contributed by atoms with Crippen LogP contribution in [0.4, 0.5) is 0 Å². The van der Waals surface area contributed by atoms with Gasteiger partial charge in [-0.3, -0.25) is 9.78 Å². The summed E-state index contributed by atoms with van der Waals surface area (Å²) in [5.41, 5.74) is 7.14. The molecule has 1 heterocycles. The fraction of sp³-hybridized carbons (Fsp3) is 0.212. The molecule has 0 unspecified atom stereocenters. The minimum absolute atomic E-state index is 0.117. The molecule has 0 bridgehead atoms. The SMILES string of the molecule is O=C1C=C(Oc2cccc(-c3ccc(CCCCc4cccnc4)cc3)c2)c2ccccc2CCC1. The first-order valence-corrected chi connectivity index (χ1v) is 12.8. The lowest BCUT2D eigenvalue weighted by molar-refractivity contribution is -0.114. The normalized spacial score (nSPS) is 13.3. The van der Waals surface area contributed by atoms with Crippen LogP contribution in [-0.4, -0.2) is 10.8 Å². The number of aromatic nitrogens is 1. The number of ether oxygens (including phenoxy) is 1. The van der Waals surface area contributed by atoms with E-state index in [-0.39, 0.29) is 5.78 Å². The molecule has 5 rings (SSSR count). The minimum atomic E-state index is 0.117.